The number of hydrogen-bond donors (Lipinski definition) is 1. The lowest BCUT2D eigenvalue weighted by atomic mass is 10.1. The Hall–Kier alpha value is -1.68. The molecule has 1 N–H and O–H groups in total. The third kappa shape index (κ3) is 2.46. The van der Waals surface area contributed by atoms with Gasteiger partial charge in [-0.05, 0) is 32.0 Å². The predicted octanol–water partition coefficient (Wildman–Crippen LogP) is 1.72. The van der Waals surface area contributed by atoms with Gasteiger partial charge in [-0.15, -0.1) is 0 Å². The van der Waals surface area contributed by atoms with Crippen LogP contribution in [0.2, 0.25) is 0 Å². The molecule has 0 aliphatic rings. The van der Waals surface area contributed by atoms with Gasteiger partial charge in [-0.3, -0.25) is 9.67 Å². The maximum absolute atomic E-state index is 9.79. The minimum Gasteiger partial charge on any atom is -0.389 e. The topological polar surface area (TPSA) is 50.9 Å². The second kappa shape index (κ2) is 4.06. The minimum atomic E-state index is -0.770. The van der Waals surface area contributed by atoms with Crippen LogP contribution >= 0.6 is 0 Å². The average Bonchev–Trinajstić information content (AvgIpc) is 2.64. The molecule has 0 fully saturated rings. The van der Waals surface area contributed by atoms with Gasteiger partial charge in [0.2, 0.25) is 0 Å². The summed E-state index contributed by atoms with van der Waals surface area (Å²) in [5.41, 5.74) is 1.27. The maximum atomic E-state index is 9.79. The largest absolute Gasteiger partial charge is 0.389 e. The fourth-order valence-corrected chi connectivity index (χ4v) is 1.59. The zero-order chi connectivity index (χ0) is 11.6. The molecule has 2 aromatic rings. The highest BCUT2D eigenvalue weighted by Crippen LogP contribution is 2.19. The quantitative estimate of drug-likeness (QED) is 0.851. The zero-order valence-corrected chi connectivity index (χ0v) is 9.46. The Morgan fingerprint density at radius 3 is 2.50 bits per heavy atom. The monoisotopic (exact) mass is 217 g/mol. The molecule has 0 amide bonds. The van der Waals surface area contributed by atoms with E-state index in [-0.39, 0.29) is 0 Å². The third-order valence-corrected chi connectivity index (χ3v) is 2.23. The maximum Gasteiger partial charge on any atom is 0.0787 e. The molecule has 0 aromatic carbocycles. The Morgan fingerprint density at radius 1 is 1.19 bits per heavy atom. The molecule has 0 spiro atoms. The van der Waals surface area contributed by atoms with Crippen molar-refractivity contribution in [3.05, 3.63) is 36.8 Å². The smallest absolute Gasteiger partial charge is 0.0787 e. The highest BCUT2D eigenvalue weighted by atomic mass is 16.3. The van der Waals surface area contributed by atoms with Crippen LogP contribution in [-0.2, 0) is 6.54 Å². The van der Waals surface area contributed by atoms with E-state index in [2.05, 4.69) is 10.1 Å². The molecule has 2 aromatic heterocycles. The van der Waals surface area contributed by atoms with Crippen LogP contribution in [0.5, 0.6) is 0 Å². The highest BCUT2D eigenvalue weighted by molar-refractivity contribution is 5.58. The van der Waals surface area contributed by atoms with Crippen LogP contribution in [0.15, 0.2) is 36.8 Å². The zero-order valence-electron chi connectivity index (χ0n) is 9.46. The van der Waals surface area contributed by atoms with E-state index in [1.807, 2.05) is 18.2 Å². The van der Waals surface area contributed by atoms with E-state index in [1.165, 1.54) is 0 Å². The van der Waals surface area contributed by atoms with Gasteiger partial charge in [0.25, 0.3) is 0 Å². The van der Waals surface area contributed by atoms with Gasteiger partial charge in [-0.25, -0.2) is 0 Å². The fourth-order valence-electron chi connectivity index (χ4n) is 1.59. The van der Waals surface area contributed by atoms with Crippen LogP contribution in [0.4, 0.5) is 0 Å². The Bertz CT molecular complexity index is 457. The molecule has 0 radical (unpaired) electrons. The fraction of sp³-hybridized carbons (Fsp3) is 0.333. The summed E-state index contributed by atoms with van der Waals surface area (Å²) in [6.07, 6.45) is 5.23. The predicted molar refractivity (Wildman–Crippen MR) is 61.8 cm³/mol. The lowest BCUT2D eigenvalue weighted by Gasteiger charge is -2.18. The van der Waals surface area contributed by atoms with E-state index in [0.717, 1.165) is 11.3 Å². The average molecular weight is 217 g/mol. The summed E-state index contributed by atoms with van der Waals surface area (Å²) in [5.74, 6) is 0. The van der Waals surface area contributed by atoms with E-state index in [1.54, 1.807) is 37.1 Å². The molecule has 0 atom stereocenters. The molecule has 84 valence electrons. The minimum absolute atomic E-state index is 0.470. The number of nitrogens with zero attached hydrogens (tertiary/aromatic N) is 3. The number of rotatable bonds is 3. The Labute approximate surface area is 94.6 Å². The lowest BCUT2D eigenvalue weighted by molar-refractivity contribution is 0.0583. The van der Waals surface area contributed by atoms with Crippen molar-refractivity contribution < 1.29 is 5.11 Å². The summed E-state index contributed by atoms with van der Waals surface area (Å²) in [4.78, 5) is 3.98. The van der Waals surface area contributed by atoms with Crippen molar-refractivity contribution in [1.82, 2.24) is 14.8 Å². The van der Waals surface area contributed by atoms with Gasteiger partial charge >= 0.3 is 0 Å². The van der Waals surface area contributed by atoms with Gasteiger partial charge in [0.1, 0.15) is 0 Å². The van der Waals surface area contributed by atoms with Crippen molar-refractivity contribution in [1.29, 1.82) is 0 Å². The van der Waals surface area contributed by atoms with Crippen molar-refractivity contribution >= 4 is 0 Å². The molecule has 0 aliphatic heterocycles. The molecule has 2 rings (SSSR count). The lowest BCUT2D eigenvalue weighted by Crippen LogP contribution is -2.27. The standard InChI is InChI=1S/C12H15N3O/c1-12(2,16)9-15-11(5-8-14-15)10-3-6-13-7-4-10/h3-8,16H,9H2,1-2H3. The van der Waals surface area contributed by atoms with E-state index in [0.29, 0.717) is 6.54 Å². The Kier molecular flexibility index (Phi) is 2.75. The first kappa shape index (κ1) is 10.8. The first-order valence-corrected chi connectivity index (χ1v) is 5.21. The molecule has 2 heterocycles. The van der Waals surface area contributed by atoms with E-state index < -0.39 is 5.60 Å². The summed E-state index contributed by atoms with van der Waals surface area (Å²) in [7, 11) is 0. The van der Waals surface area contributed by atoms with Gasteiger partial charge in [0.05, 0.1) is 17.8 Å². The summed E-state index contributed by atoms with van der Waals surface area (Å²) in [6.45, 7) is 4.01. The Balaban J connectivity index is 2.33. The van der Waals surface area contributed by atoms with Crippen molar-refractivity contribution in [3.63, 3.8) is 0 Å². The molecule has 0 aliphatic carbocycles. The van der Waals surface area contributed by atoms with Crippen LogP contribution in [-0.4, -0.2) is 25.5 Å². The van der Waals surface area contributed by atoms with Crippen molar-refractivity contribution in [2.24, 2.45) is 0 Å². The summed E-state index contributed by atoms with van der Waals surface area (Å²) >= 11 is 0. The van der Waals surface area contributed by atoms with Crippen LogP contribution < -0.4 is 0 Å². The molecule has 0 unspecified atom stereocenters. The molecule has 4 heteroatoms. The Morgan fingerprint density at radius 2 is 1.88 bits per heavy atom. The van der Waals surface area contributed by atoms with Crippen LogP contribution in [0.3, 0.4) is 0 Å². The number of pyridine rings is 1. The second-order valence-electron chi connectivity index (χ2n) is 4.42. The van der Waals surface area contributed by atoms with Crippen LogP contribution in [0.1, 0.15) is 13.8 Å². The molecule has 0 bridgehead atoms. The van der Waals surface area contributed by atoms with Crippen molar-refractivity contribution in [2.75, 3.05) is 0 Å². The van der Waals surface area contributed by atoms with Crippen LogP contribution in [0.25, 0.3) is 11.3 Å². The molecular weight excluding hydrogens is 202 g/mol. The van der Waals surface area contributed by atoms with Crippen LogP contribution in [0, 0.1) is 0 Å². The molecule has 16 heavy (non-hydrogen) atoms. The van der Waals surface area contributed by atoms with E-state index in [4.69, 9.17) is 0 Å². The molecule has 0 saturated heterocycles. The third-order valence-electron chi connectivity index (χ3n) is 2.23. The summed E-state index contributed by atoms with van der Waals surface area (Å²) in [5, 5.41) is 14.0. The normalized spacial score (nSPS) is 11.7. The molecule has 0 saturated carbocycles. The molecular formula is C12H15N3O. The van der Waals surface area contributed by atoms with E-state index >= 15 is 0 Å². The number of aromatic nitrogens is 3. The van der Waals surface area contributed by atoms with Gasteiger partial charge < -0.3 is 5.11 Å². The second-order valence-corrected chi connectivity index (χ2v) is 4.42. The molecule has 4 nitrogen and oxygen atoms in total. The van der Waals surface area contributed by atoms with Gasteiger partial charge in [-0.2, -0.15) is 5.10 Å². The summed E-state index contributed by atoms with van der Waals surface area (Å²) in [6, 6.07) is 5.79. The van der Waals surface area contributed by atoms with Gasteiger partial charge in [0.15, 0.2) is 0 Å². The van der Waals surface area contributed by atoms with E-state index in [9.17, 15) is 5.11 Å². The summed E-state index contributed by atoms with van der Waals surface area (Å²) < 4.78 is 1.80. The number of aliphatic hydroxyl groups is 1. The van der Waals surface area contributed by atoms with Crippen molar-refractivity contribution in [2.45, 2.75) is 26.0 Å². The highest BCUT2D eigenvalue weighted by Gasteiger charge is 2.16. The van der Waals surface area contributed by atoms with Gasteiger partial charge in [-0.1, -0.05) is 0 Å². The van der Waals surface area contributed by atoms with Gasteiger partial charge in [0, 0.05) is 24.2 Å². The first-order valence-electron chi connectivity index (χ1n) is 5.21. The SMILES string of the molecule is CC(C)(O)Cn1nccc1-c1ccncc1. The number of hydrogen-bond acceptors (Lipinski definition) is 3. The first-order chi connectivity index (χ1) is 7.56. The van der Waals surface area contributed by atoms with Crippen molar-refractivity contribution in [3.8, 4) is 11.3 Å².